The first-order chi connectivity index (χ1) is 13.3. The number of anilines is 1. The molecule has 0 unspecified atom stereocenters. The van der Waals surface area contributed by atoms with Crippen molar-refractivity contribution in [2.75, 3.05) is 18.6 Å². The Morgan fingerprint density at radius 2 is 1.71 bits per heavy atom. The number of nitrogens with zero attached hydrogens (tertiary/aromatic N) is 1. The lowest BCUT2D eigenvalue weighted by molar-refractivity contribution is -0.150. The van der Waals surface area contributed by atoms with Crippen LogP contribution in [0.25, 0.3) is 0 Å². The Morgan fingerprint density at radius 1 is 1.04 bits per heavy atom. The molecule has 0 aromatic heterocycles. The van der Waals surface area contributed by atoms with Gasteiger partial charge in [0.1, 0.15) is 6.04 Å². The Bertz CT molecular complexity index is 833. The SMILES string of the molecule is Cc1cccc(C(=O)N[C@H](C(=O)OCC(=O)N(C)c2ccccc2)C(C)C)c1. The Morgan fingerprint density at radius 3 is 2.32 bits per heavy atom. The molecule has 0 saturated heterocycles. The fourth-order valence-corrected chi connectivity index (χ4v) is 2.62. The largest absolute Gasteiger partial charge is 0.454 e. The van der Waals surface area contributed by atoms with Gasteiger partial charge in [0.2, 0.25) is 0 Å². The van der Waals surface area contributed by atoms with Gasteiger partial charge in [0.25, 0.3) is 11.8 Å². The van der Waals surface area contributed by atoms with Crippen molar-refractivity contribution >= 4 is 23.5 Å². The molecule has 0 radical (unpaired) electrons. The summed E-state index contributed by atoms with van der Waals surface area (Å²) in [6.45, 7) is 5.11. The minimum absolute atomic E-state index is 0.191. The molecule has 6 heteroatoms. The number of para-hydroxylation sites is 1. The third-order valence-corrected chi connectivity index (χ3v) is 4.34. The number of carbonyl (C=O) groups is 3. The first-order valence-electron chi connectivity index (χ1n) is 9.15. The summed E-state index contributed by atoms with van der Waals surface area (Å²) in [5.74, 6) is -1.53. The van der Waals surface area contributed by atoms with Gasteiger partial charge in [-0.2, -0.15) is 0 Å². The van der Waals surface area contributed by atoms with Crippen molar-refractivity contribution in [2.24, 2.45) is 5.92 Å². The summed E-state index contributed by atoms with van der Waals surface area (Å²) in [6.07, 6.45) is 0. The number of amides is 2. The number of carbonyl (C=O) groups excluding carboxylic acids is 3. The normalized spacial score (nSPS) is 11.6. The van der Waals surface area contributed by atoms with Gasteiger partial charge in [-0.25, -0.2) is 4.79 Å². The van der Waals surface area contributed by atoms with E-state index in [1.165, 1.54) is 4.90 Å². The van der Waals surface area contributed by atoms with E-state index in [1.54, 1.807) is 51.2 Å². The van der Waals surface area contributed by atoms with Gasteiger partial charge in [0, 0.05) is 18.3 Å². The molecule has 2 aromatic rings. The summed E-state index contributed by atoms with van der Waals surface area (Å²) >= 11 is 0. The number of hydrogen-bond acceptors (Lipinski definition) is 4. The van der Waals surface area contributed by atoms with Gasteiger partial charge >= 0.3 is 5.97 Å². The van der Waals surface area contributed by atoms with Crippen molar-refractivity contribution in [1.82, 2.24) is 5.32 Å². The Kier molecular flexibility index (Phi) is 7.32. The van der Waals surface area contributed by atoms with Crippen molar-refractivity contribution in [3.63, 3.8) is 0 Å². The van der Waals surface area contributed by atoms with Crippen LogP contribution in [0.1, 0.15) is 29.8 Å². The first kappa shape index (κ1) is 21.2. The molecule has 0 aliphatic carbocycles. The quantitative estimate of drug-likeness (QED) is 0.747. The van der Waals surface area contributed by atoms with Crippen LogP contribution < -0.4 is 10.2 Å². The number of ether oxygens (including phenoxy) is 1. The minimum atomic E-state index is -0.845. The van der Waals surface area contributed by atoms with E-state index >= 15 is 0 Å². The number of esters is 1. The lowest BCUT2D eigenvalue weighted by Crippen LogP contribution is -2.46. The van der Waals surface area contributed by atoms with Gasteiger partial charge in [-0.15, -0.1) is 0 Å². The van der Waals surface area contributed by atoms with Gasteiger partial charge in [-0.1, -0.05) is 49.7 Å². The molecule has 0 aliphatic rings. The summed E-state index contributed by atoms with van der Waals surface area (Å²) in [5, 5.41) is 2.71. The summed E-state index contributed by atoms with van der Waals surface area (Å²) in [4.78, 5) is 38.6. The molecule has 2 rings (SSSR count). The Labute approximate surface area is 165 Å². The molecule has 0 bridgehead atoms. The zero-order chi connectivity index (χ0) is 20.7. The molecule has 0 heterocycles. The van der Waals surface area contributed by atoms with Gasteiger partial charge in [0.05, 0.1) is 0 Å². The molecular formula is C22H26N2O4. The second kappa shape index (κ2) is 9.69. The standard InChI is InChI=1S/C22H26N2O4/c1-15(2)20(23-21(26)17-10-8-9-16(3)13-17)22(27)28-14-19(25)24(4)18-11-6-5-7-12-18/h5-13,15,20H,14H2,1-4H3,(H,23,26)/t20-/m0/s1. The van der Waals surface area contributed by atoms with Crippen LogP contribution in [0.3, 0.4) is 0 Å². The highest BCUT2D eigenvalue weighted by molar-refractivity contribution is 5.98. The number of nitrogens with one attached hydrogen (secondary N) is 1. The van der Waals surface area contributed by atoms with Crippen LogP contribution in [0.5, 0.6) is 0 Å². The van der Waals surface area contributed by atoms with Gasteiger partial charge in [-0.05, 0) is 37.1 Å². The van der Waals surface area contributed by atoms with Crippen molar-refractivity contribution in [2.45, 2.75) is 26.8 Å². The van der Waals surface area contributed by atoms with Crippen LogP contribution in [-0.4, -0.2) is 37.5 Å². The highest BCUT2D eigenvalue weighted by Gasteiger charge is 2.27. The van der Waals surface area contributed by atoms with E-state index in [4.69, 9.17) is 4.74 Å². The number of hydrogen-bond donors (Lipinski definition) is 1. The highest BCUT2D eigenvalue weighted by Crippen LogP contribution is 2.12. The van der Waals surface area contributed by atoms with Crippen molar-refractivity contribution in [3.05, 3.63) is 65.7 Å². The Hall–Kier alpha value is -3.15. The second-order valence-corrected chi connectivity index (χ2v) is 6.96. The highest BCUT2D eigenvalue weighted by atomic mass is 16.5. The smallest absolute Gasteiger partial charge is 0.329 e. The molecule has 0 saturated carbocycles. The molecule has 148 valence electrons. The van der Waals surface area contributed by atoms with Crippen LogP contribution >= 0.6 is 0 Å². The zero-order valence-corrected chi connectivity index (χ0v) is 16.6. The molecule has 2 aromatic carbocycles. The molecule has 0 spiro atoms. The van der Waals surface area contributed by atoms with Crippen LogP contribution in [0, 0.1) is 12.8 Å². The van der Waals surface area contributed by atoms with Crippen molar-refractivity contribution in [1.29, 1.82) is 0 Å². The molecule has 1 N–H and O–H groups in total. The van der Waals surface area contributed by atoms with Gasteiger partial charge in [-0.3, -0.25) is 9.59 Å². The molecule has 1 atom stereocenters. The van der Waals surface area contributed by atoms with E-state index in [1.807, 2.05) is 31.2 Å². The summed E-state index contributed by atoms with van der Waals surface area (Å²) < 4.78 is 5.19. The topological polar surface area (TPSA) is 75.7 Å². The summed E-state index contributed by atoms with van der Waals surface area (Å²) in [7, 11) is 1.62. The minimum Gasteiger partial charge on any atom is -0.454 e. The fourth-order valence-electron chi connectivity index (χ4n) is 2.62. The monoisotopic (exact) mass is 382 g/mol. The third-order valence-electron chi connectivity index (χ3n) is 4.34. The number of rotatable bonds is 7. The zero-order valence-electron chi connectivity index (χ0n) is 16.6. The fraction of sp³-hybridized carbons (Fsp3) is 0.318. The maximum Gasteiger partial charge on any atom is 0.329 e. The summed E-state index contributed by atoms with van der Waals surface area (Å²) in [5.41, 5.74) is 2.13. The first-order valence-corrected chi connectivity index (χ1v) is 9.15. The lowest BCUT2D eigenvalue weighted by Gasteiger charge is -2.22. The molecule has 2 amide bonds. The van der Waals surface area contributed by atoms with E-state index in [-0.39, 0.29) is 17.7 Å². The van der Waals surface area contributed by atoms with Crippen LogP contribution in [0.4, 0.5) is 5.69 Å². The third kappa shape index (κ3) is 5.67. The van der Waals surface area contributed by atoms with Crippen molar-refractivity contribution in [3.8, 4) is 0 Å². The van der Waals surface area contributed by atoms with Crippen LogP contribution in [0.15, 0.2) is 54.6 Å². The molecule has 0 aliphatic heterocycles. The van der Waals surface area contributed by atoms with Gasteiger partial charge in [0.15, 0.2) is 6.61 Å². The number of aryl methyl sites for hydroxylation is 1. The maximum absolute atomic E-state index is 12.5. The van der Waals surface area contributed by atoms with Crippen LogP contribution in [0.2, 0.25) is 0 Å². The van der Waals surface area contributed by atoms with E-state index < -0.39 is 18.6 Å². The number of likely N-dealkylation sites (N-methyl/N-ethyl adjacent to an activating group) is 1. The lowest BCUT2D eigenvalue weighted by atomic mass is 10.0. The van der Waals surface area contributed by atoms with E-state index in [9.17, 15) is 14.4 Å². The predicted octanol–water partition coefficient (Wildman–Crippen LogP) is 2.96. The molecule has 6 nitrogen and oxygen atoms in total. The average molecular weight is 382 g/mol. The van der Waals surface area contributed by atoms with E-state index in [2.05, 4.69) is 5.32 Å². The van der Waals surface area contributed by atoms with Crippen LogP contribution in [-0.2, 0) is 14.3 Å². The molecular weight excluding hydrogens is 356 g/mol. The van der Waals surface area contributed by atoms with Crippen molar-refractivity contribution < 1.29 is 19.1 Å². The second-order valence-electron chi connectivity index (χ2n) is 6.96. The number of benzene rings is 2. The average Bonchev–Trinajstić information content (AvgIpc) is 2.69. The van der Waals surface area contributed by atoms with E-state index in [0.717, 1.165) is 5.56 Å². The van der Waals surface area contributed by atoms with E-state index in [0.29, 0.717) is 11.3 Å². The van der Waals surface area contributed by atoms with Gasteiger partial charge < -0.3 is 15.0 Å². The summed E-state index contributed by atoms with van der Waals surface area (Å²) in [6, 6.07) is 15.3. The maximum atomic E-state index is 12.5. The predicted molar refractivity (Wildman–Crippen MR) is 108 cm³/mol. The molecule has 28 heavy (non-hydrogen) atoms. The molecule has 0 fully saturated rings. The Balaban J connectivity index is 1.97.